The summed E-state index contributed by atoms with van der Waals surface area (Å²) in [6.45, 7) is 5.09. The van der Waals surface area contributed by atoms with Gasteiger partial charge >= 0.3 is 12.0 Å². The van der Waals surface area contributed by atoms with Crippen LogP contribution in [-0.4, -0.2) is 101 Å². The molecule has 3 atom stereocenters. The second-order valence-electron chi connectivity index (χ2n) is 13.9. The second kappa shape index (κ2) is 21.5. The Bertz CT molecular complexity index is 1680. The number of aromatic nitrogens is 2. The molecule has 0 bridgehead atoms. The van der Waals surface area contributed by atoms with Crippen LogP contribution in [0.4, 0.5) is 4.79 Å². The number of carbonyl (C=O) groups excluding carboxylic acids is 4. The molecule has 4 amide bonds. The van der Waals surface area contributed by atoms with Gasteiger partial charge in [-0.3, -0.25) is 14.6 Å². The van der Waals surface area contributed by atoms with Crippen LogP contribution in [0.3, 0.4) is 0 Å². The number of hydrogen-bond donors (Lipinski definition) is 3. The van der Waals surface area contributed by atoms with Crippen LogP contribution in [0, 0.1) is 16.0 Å². The molecule has 3 heterocycles. The number of urea groups is 1. The van der Waals surface area contributed by atoms with Crippen molar-refractivity contribution in [1.82, 2.24) is 30.4 Å². The van der Waals surface area contributed by atoms with E-state index in [1.165, 1.54) is 0 Å². The third kappa shape index (κ3) is 13.3. The Morgan fingerprint density at radius 3 is 2.26 bits per heavy atom. The number of nitrogens with one attached hydrogen (secondary N) is 3. The van der Waals surface area contributed by atoms with E-state index in [4.69, 9.17) is 9.47 Å². The molecule has 2 unspecified atom stereocenters. The van der Waals surface area contributed by atoms with E-state index in [0.717, 1.165) is 42.1 Å². The lowest BCUT2D eigenvalue weighted by molar-refractivity contribution is -0.757. The first-order valence-electron chi connectivity index (χ1n) is 18.6. The normalized spacial score (nSPS) is 14.8. The number of rotatable bonds is 20. The number of ether oxygens (including phenoxy) is 2. The number of pyridine rings is 1. The molecule has 54 heavy (non-hydrogen) atoms. The number of esters is 1. The summed E-state index contributed by atoms with van der Waals surface area (Å²) in [6.07, 6.45) is 8.14. The number of carbonyl (C=O) groups is 4. The topological polar surface area (TPSA) is 196 Å². The number of nitrogens with zero attached hydrogens (tertiary/aromatic N) is 4. The molecule has 1 aliphatic heterocycles. The summed E-state index contributed by atoms with van der Waals surface area (Å²) in [5.41, 5.74) is 2.29. The maximum Gasteiger partial charge on any atom is 0.329 e. The van der Waals surface area contributed by atoms with Crippen LogP contribution in [0.2, 0.25) is 0 Å². The number of para-hydroxylation sites is 1. The number of hydrogen-bond acceptors (Lipinski definition) is 10. The van der Waals surface area contributed by atoms with Gasteiger partial charge in [0.2, 0.25) is 11.8 Å². The highest BCUT2D eigenvalue weighted by Crippen LogP contribution is 2.22. The number of likely N-dealkylation sites (tertiary alicyclic amines) is 1. The van der Waals surface area contributed by atoms with Gasteiger partial charge in [0.1, 0.15) is 24.7 Å². The predicted molar refractivity (Wildman–Crippen MR) is 200 cm³/mol. The monoisotopic (exact) mass is 751 g/mol. The number of aryl methyl sites for hydroxylation is 1. The van der Waals surface area contributed by atoms with Crippen molar-refractivity contribution >= 4 is 34.7 Å². The number of benzene rings is 1. The molecule has 1 aliphatic rings. The van der Waals surface area contributed by atoms with Crippen molar-refractivity contribution in [3.8, 4) is 0 Å². The Kier molecular flexibility index (Phi) is 16.5. The summed E-state index contributed by atoms with van der Waals surface area (Å²) in [7, 11) is 1.90. The van der Waals surface area contributed by atoms with Crippen LogP contribution in [0.15, 0.2) is 54.9 Å². The Labute approximate surface area is 315 Å². The molecule has 1 fully saturated rings. The van der Waals surface area contributed by atoms with Crippen molar-refractivity contribution in [3.63, 3.8) is 0 Å². The molecular weight excluding hydrogens is 698 g/mol. The Morgan fingerprint density at radius 2 is 1.56 bits per heavy atom. The second-order valence-corrected chi connectivity index (χ2v) is 13.9. The van der Waals surface area contributed by atoms with Gasteiger partial charge in [0.25, 0.3) is 5.09 Å². The molecule has 2 aromatic heterocycles. The fraction of sp³-hybridized carbons (Fsp3) is 0.553. The van der Waals surface area contributed by atoms with Crippen LogP contribution in [-0.2, 0) is 48.6 Å². The molecule has 0 aliphatic carbocycles. The van der Waals surface area contributed by atoms with Gasteiger partial charge < -0.3 is 39.7 Å². The lowest BCUT2D eigenvalue weighted by atomic mass is 10.0. The minimum Gasteiger partial charge on any atom is -0.462 e. The van der Waals surface area contributed by atoms with Gasteiger partial charge in [0, 0.05) is 68.6 Å². The standard InChI is InChI=1S/C38H53N7O9/c1-27(2)23-31(42-38(49)44-17-10-4-5-11-18-44)35(46)40-32(24-28-26-43(3)34-15-7-6-14-30(28)34)36(47)41-33(25-29-13-8-9-16-39-29)37(48)53-22-21-52-19-12-20-54-45(50)51/h6-9,13-16,26-27,31-33H,4-5,10-12,17-25H2,1-3H3,(H,40,46)(H,41,47)(H,42,49)/t31?,32?,33-/m1/s1. The Morgan fingerprint density at radius 1 is 0.852 bits per heavy atom. The molecule has 1 saturated heterocycles. The SMILES string of the molecule is CC(C)CC(NC(=O)N1CCCCCC1)C(=O)NC(Cc1cn(C)c2ccccc12)C(=O)N[C@H](Cc1ccccn1)C(=O)OCCOCCCO[N+](=O)[O-]. The third-order valence-corrected chi connectivity index (χ3v) is 9.09. The fourth-order valence-electron chi connectivity index (χ4n) is 6.40. The van der Waals surface area contributed by atoms with Crippen molar-refractivity contribution < 1.29 is 38.6 Å². The molecule has 1 aromatic carbocycles. The zero-order valence-electron chi connectivity index (χ0n) is 31.4. The van der Waals surface area contributed by atoms with Crippen LogP contribution < -0.4 is 16.0 Å². The molecule has 3 N–H and O–H groups in total. The molecule has 3 aromatic rings. The fourth-order valence-corrected chi connectivity index (χ4v) is 6.40. The lowest BCUT2D eigenvalue weighted by Gasteiger charge is -2.28. The summed E-state index contributed by atoms with van der Waals surface area (Å²) >= 11 is 0. The summed E-state index contributed by atoms with van der Waals surface area (Å²) in [6, 6.07) is 9.46. The van der Waals surface area contributed by atoms with E-state index in [9.17, 15) is 29.3 Å². The van der Waals surface area contributed by atoms with E-state index in [1.807, 2.05) is 55.9 Å². The molecule has 0 spiro atoms. The van der Waals surface area contributed by atoms with Crippen molar-refractivity contribution in [2.24, 2.45) is 13.0 Å². The molecule has 16 heteroatoms. The van der Waals surface area contributed by atoms with E-state index in [0.29, 0.717) is 25.2 Å². The molecule has 294 valence electrons. The van der Waals surface area contributed by atoms with Gasteiger partial charge in [-0.15, -0.1) is 10.1 Å². The minimum atomic E-state index is -1.16. The average Bonchev–Trinajstić information content (AvgIpc) is 3.28. The number of amides is 4. The van der Waals surface area contributed by atoms with E-state index >= 15 is 0 Å². The van der Waals surface area contributed by atoms with Crippen LogP contribution in [0.1, 0.15) is 63.6 Å². The molecule has 16 nitrogen and oxygen atoms in total. The first kappa shape index (κ1) is 41.5. The molecular formula is C38H53N7O9. The van der Waals surface area contributed by atoms with E-state index in [1.54, 1.807) is 29.3 Å². The number of fused-ring (bicyclic) bond motifs is 1. The van der Waals surface area contributed by atoms with Crippen molar-refractivity contribution in [1.29, 1.82) is 0 Å². The minimum absolute atomic E-state index is 0.0152. The van der Waals surface area contributed by atoms with E-state index in [-0.39, 0.29) is 57.6 Å². The third-order valence-electron chi connectivity index (χ3n) is 9.09. The largest absolute Gasteiger partial charge is 0.462 e. The average molecular weight is 752 g/mol. The Balaban J connectivity index is 1.53. The van der Waals surface area contributed by atoms with E-state index in [2.05, 4.69) is 25.8 Å². The maximum atomic E-state index is 14.3. The highest BCUT2D eigenvalue weighted by atomic mass is 16.9. The van der Waals surface area contributed by atoms with Crippen molar-refractivity contribution in [2.75, 3.05) is 39.5 Å². The summed E-state index contributed by atoms with van der Waals surface area (Å²) < 4.78 is 12.8. The summed E-state index contributed by atoms with van der Waals surface area (Å²) in [5, 5.41) is 19.0. The molecule has 4 rings (SSSR count). The smallest absolute Gasteiger partial charge is 0.329 e. The van der Waals surface area contributed by atoms with Gasteiger partial charge in [-0.1, -0.05) is 51.0 Å². The molecule has 0 radical (unpaired) electrons. The lowest BCUT2D eigenvalue weighted by Crippen LogP contribution is -2.58. The first-order valence-corrected chi connectivity index (χ1v) is 18.6. The summed E-state index contributed by atoms with van der Waals surface area (Å²) in [4.78, 5) is 75.8. The molecule has 0 saturated carbocycles. The van der Waals surface area contributed by atoms with Crippen LogP contribution >= 0.6 is 0 Å². The zero-order chi connectivity index (χ0) is 38.9. The predicted octanol–water partition coefficient (Wildman–Crippen LogP) is 3.49. The van der Waals surface area contributed by atoms with Crippen molar-refractivity contribution in [3.05, 3.63) is 76.2 Å². The highest BCUT2D eigenvalue weighted by Gasteiger charge is 2.32. The first-order chi connectivity index (χ1) is 26.0. The van der Waals surface area contributed by atoms with Gasteiger partial charge in [0.05, 0.1) is 13.2 Å². The maximum absolute atomic E-state index is 14.3. The van der Waals surface area contributed by atoms with Gasteiger partial charge in [-0.25, -0.2) is 9.59 Å². The van der Waals surface area contributed by atoms with Gasteiger partial charge in [-0.2, -0.15) is 0 Å². The zero-order valence-corrected chi connectivity index (χ0v) is 31.4. The van der Waals surface area contributed by atoms with Gasteiger partial charge in [-0.05, 0) is 55.4 Å². The van der Waals surface area contributed by atoms with Crippen LogP contribution in [0.5, 0.6) is 0 Å². The Hall–Kier alpha value is -5.25. The highest BCUT2D eigenvalue weighted by molar-refractivity contribution is 5.94. The van der Waals surface area contributed by atoms with Crippen LogP contribution in [0.25, 0.3) is 10.9 Å². The summed E-state index contributed by atoms with van der Waals surface area (Å²) in [5.74, 6) is -1.78. The van der Waals surface area contributed by atoms with E-state index < -0.39 is 41.0 Å². The van der Waals surface area contributed by atoms with Crippen molar-refractivity contribution in [2.45, 2.75) is 83.3 Å². The van der Waals surface area contributed by atoms with Gasteiger partial charge in [0.15, 0.2) is 0 Å². The quantitative estimate of drug-likeness (QED) is 0.0666.